The van der Waals surface area contributed by atoms with Crippen LogP contribution in [-0.4, -0.2) is 42.0 Å². The molecule has 2 aromatic carbocycles. The summed E-state index contributed by atoms with van der Waals surface area (Å²) < 4.78 is 25.0. The van der Waals surface area contributed by atoms with E-state index in [0.717, 1.165) is 16.2 Å². The van der Waals surface area contributed by atoms with Crippen molar-refractivity contribution in [3.63, 3.8) is 0 Å². The largest absolute Gasteiger partial charge is 0.507 e. The summed E-state index contributed by atoms with van der Waals surface area (Å²) in [5.41, 5.74) is 0.930. The van der Waals surface area contributed by atoms with Gasteiger partial charge in [0.2, 0.25) is 0 Å². The van der Waals surface area contributed by atoms with Crippen molar-refractivity contribution in [2.45, 2.75) is 19.9 Å². The first kappa shape index (κ1) is 24.1. The molecule has 1 aliphatic heterocycles. The second-order valence-corrected chi connectivity index (χ2v) is 8.76. The molecule has 3 aromatic rings. The zero-order chi connectivity index (χ0) is 25.4. The summed E-state index contributed by atoms with van der Waals surface area (Å²) in [5.74, 6) is -3.24. The number of aliphatic hydroxyl groups is 1. The summed E-state index contributed by atoms with van der Waals surface area (Å²) in [6, 6.07) is 9.09. The Labute approximate surface area is 204 Å². The van der Waals surface area contributed by atoms with E-state index in [2.05, 4.69) is 4.98 Å². The second kappa shape index (κ2) is 9.30. The van der Waals surface area contributed by atoms with Crippen molar-refractivity contribution in [3.8, 4) is 5.75 Å². The number of nitrogens with zero attached hydrogens (tertiary/aromatic N) is 2. The number of rotatable bonds is 5. The van der Waals surface area contributed by atoms with Crippen LogP contribution in [-0.2, 0) is 14.3 Å². The molecule has 0 spiro atoms. The monoisotopic (exact) mass is 496 g/mol. The number of ether oxygens (including phenoxy) is 2. The number of ketones is 1. The average molecular weight is 497 g/mol. The summed E-state index contributed by atoms with van der Waals surface area (Å²) in [4.78, 5) is 44.0. The van der Waals surface area contributed by atoms with E-state index >= 15 is 0 Å². The lowest BCUT2D eigenvalue weighted by molar-refractivity contribution is -0.132. The molecular formula is C25H21FN2O6S. The summed E-state index contributed by atoms with van der Waals surface area (Å²) in [6.07, 6.45) is 0. The lowest BCUT2D eigenvalue weighted by atomic mass is 9.94. The number of aliphatic hydroxyl groups excluding tert-OH is 1. The molecule has 8 nitrogen and oxygen atoms in total. The predicted molar refractivity (Wildman–Crippen MR) is 127 cm³/mol. The van der Waals surface area contributed by atoms with Gasteiger partial charge in [-0.05, 0) is 43.7 Å². The summed E-state index contributed by atoms with van der Waals surface area (Å²) >= 11 is 0.840. The Morgan fingerprint density at radius 2 is 1.86 bits per heavy atom. The van der Waals surface area contributed by atoms with E-state index in [0.29, 0.717) is 11.3 Å². The van der Waals surface area contributed by atoms with E-state index in [-0.39, 0.29) is 32.4 Å². The minimum atomic E-state index is -1.31. The summed E-state index contributed by atoms with van der Waals surface area (Å²) in [5, 5.41) is 11.2. The predicted octanol–water partition coefficient (Wildman–Crippen LogP) is 4.32. The molecule has 4 rings (SSSR count). The molecule has 10 heteroatoms. The number of methoxy groups -OCH3 is 2. The number of aryl methyl sites for hydroxylation is 2. The number of hydrogen-bond donors (Lipinski definition) is 1. The molecule has 1 aliphatic rings. The van der Waals surface area contributed by atoms with Crippen LogP contribution in [0, 0.1) is 19.7 Å². The molecule has 1 N–H and O–H groups in total. The standard InChI is InChI=1S/C25H21FN2O6S/c1-12-11-14(9-10-17(12)33-3)20(29)18-19(15-7-5-6-8-16(15)26)28(23(31)21(18)30)25-27-13(2)22(35-25)24(32)34-4/h5-11,19,29H,1-4H3/b20-18+. The first-order valence-corrected chi connectivity index (χ1v) is 11.3. The molecule has 35 heavy (non-hydrogen) atoms. The lowest BCUT2D eigenvalue weighted by Crippen LogP contribution is -2.29. The molecule has 180 valence electrons. The van der Waals surface area contributed by atoms with Crippen LogP contribution in [0.15, 0.2) is 48.0 Å². The van der Waals surface area contributed by atoms with Crippen LogP contribution < -0.4 is 9.64 Å². The van der Waals surface area contributed by atoms with Crippen LogP contribution in [0.25, 0.3) is 5.76 Å². The zero-order valence-corrected chi connectivity index (χ0v) is 20.1. The van der Waals surface area contributed by atoms with E-state index in [1.807, 2.05) is 0 Å². The number of benzene rings is 2. The van der Waals surface area contributed by atoms with E-state index in [4.69, 9.17) is 9.47 Å². The number of Topliss-reactive ketones (excluding diaryl/α,β-unsaturated/α-hetero) is 1. The van der Waals surface area contributed by atoms with Gasteiger partial charge < -0.3 is 14.6 Å². The van der Waals surface area contributed by atoms with Crippen molar-refractivity contribution in [1.82, 2.24) is 4.98 Å². The van der Waals surface area contributed by atoms with Gasteiger partial charge in [0, 0.05) is 11.1 Å². The zero-order valence-electron chi connectivity index (χ0n) is 19.3. The number of halogens is 1. The first-order chi connectivity index (χ1) is 16.7. The van der Waals surface area contributed by atoms with Crippen LogP contribution in [0.5, 0.6) is 5.75 Å². The Balaban J connectivity index is 1.95. The van der Waals surface area contributed by atoms with Gasteiger partial charge in [0.25, 0.3) is 5.78 Å². The van der Waals surface area contributed by atoms with Crippen molar-refractivity contribution >= 4 is 39.9 Å². The minimum absolute atomic E-state index is 0.00298. The highest BCUT2D eigenvalue weighted by atomic mass is 32.1. The highest BCUT2D eigenvalue weighted by Crippen LogP contribution is 2.44. The molecule has 0 saturated carbocycles. The molecular weight excluding hydrogens is 475 g/mol. The second-order valence-electron chi connectivity index (χ2n) is 7.78. The fourth-order valence-electron chi connectivity index (χ4n) is 3.97. The smallest absolute Gasteiger partial charge is 0.350 e. The molecule has 1 saturated heterocycles. The number of thiazole rings is 1. The van der Waals surface area contributed by atoms with E-state index in [1.165, 1.54) is 38.5 Å². The van der Waals surface area contributed by atoms with E-state index < -0.39 is 35.3 Å². The van der Waals surface area contributed by atoms with Gasteiger partial charge in [-0.3, -0.25) is 14.5 Å². The third-order valence-electron chi connectivity index (χ3n) is 5.67. The molecule has 1 unspecified atom stereocenters. The third-order valence-corrected chi connectivity index (χ3v) is 6.81. The third kappa shape index (κ3) is 4.06. The maximum atomic E-state index is 15.0. The molecule has 1 amide bonds. The number of carbonyl (C=O) groups excluding carboxylic acids is 3. The maximum Gasteiger partial charge on any atom is 0.350 e. The maximum absolute atomic E-state index is 15.0. The molecule has 1 atom stereocenters. The lowest BCUT2D eigenvalue weighted by Gasteiger charge is -2.23. The van der Waals surface area contributed by atoms with E-state index in [1.54, 1.807) is 32.0 Å². The van der Waals surface area contributed by atoms with Crippen molar-refractivity contribution in [1.29, 1.82) is 0 Å². The van der Waals surface area contributed by atoms with Gasteiger partial charge in [-0.2, -0.15) is 0 Å². The fourth-order valence-corrected chi connectivity index (χ4v) is 4.98. The van der Waals surface area contributed by atoms with Gasteiger partial charge in [0.1, 0.15) is 28.2 Å². The van der Waals surface area contributed by atoms with Crippen molar-refractivity contribution in [2.75, 3.05) is 19.1 Å². The van der Waals surface area contributed by atoms with Crippen LogP contribution >= 0.6 is 11.3 Å². The Morgan fingerprint density at radius 3 is 2.49 bits per heavy atom. The van der Waals surface area contributed by atoms with Gasteiger partial charge >= 0.3 is 11.9 Å². The summed E-state index contributed by atoms with van der Waals surface area (Å²) in [7, 11) is 2.72. The molecule has 0 aliphatic carbocycles. The van der Waals surface area contributed by atoms with E-state index in [9.17, 15) is 23.9 Å². The van der Waals surface area contributed by atoms with Gasteiger partial charge in [-0.1, -0.05) is 29.5 Å². The van der Waals surface area contributed by atoms with Crippen LogP contribution in [0.3, 0.4) is 0 Å². The number of amides is 1. The molecule has 0 bridgehead atoms. The van der Waals surface area contributed by atoms with Crippen LogP contribution in [0.4, 0.5) is 9.52 Å². The minimum Gasteiger partial charge on any atom is -0.507 e. The Bertz CT molecular complexity index is 1400. The highest BCUT2D eigenvalue weighted by Gasteiger charge is 2.49. The van der Waals surface area contributed by atoms with Gasteiger partial charge in [0.15, 0.2) is 5.13 Å². The van der Waals surface area contributed by atoms with Gasteiger partial charge in [-0.25, -0.2) is 14.2 Å². The normalized spacial score (nSPS) is 17.1. The molecule has 1 aromatic heterocycles. The topological polar surface area (TPSA) is 106 Å². The molecule has 1 fully saturated rings. The fraction of sp³-hybridized carbons (Fsp3) is 0.200. The SMILES string of the molecule is COC(=O)c1sc(N2C(=O)C(=O)/C(=C(/O)c3ccc(OC)c(C)c3)C2c2ccccc2F)nc1C. The summed E-state index contributed by atoms with van der Waals surface area (Å²) in [6.45, 7) is 3.32. The average Bonchev–Trinajstić information content (AvgIpc) is 3.35. The number of hydrogen-bond acceptors (Lipinski definition) is 8. The number of aromatic nitrogens is 1. The van der Waals surface area contributed by atoms with Crippen LogP contribution in [0.2, 0.25) is 0 Å². The molecule has 0 radical (unpaired) electrons. The Hall–Kier alpha value is -4.05. The number of anilines is 1. The Kier molecular flexibility index (Phi) is 6.40. The van der Waals surface area contributed by atoms with Crippen molar-refractivity contribution < 1.29 is 33.4 Å². The number of carbonyl (C=O) groups is 3. The Morgan fingerprint density at radius 1 is 1.14 bits per heavy atom. The highest BCUT2D eigenvalue weighted by molar-refractivity contribution is 7.17. The first-order valence-electron chi connectivity index (χ1n) is 10.5. The molecule has 2 heterocycles. The van der Waals surface area contributed by atoms with Gasteiger partial charge in [0.05, 0.1) is 25.5 Å². The van der Waals surface area contributed by atoms with Crippen LogP contribution in [0.1, 0.15) is 38.1 Å². The van der Waals surface area contributed by atoms with Crippen molar-refractivity contribution in [3.05, 3.63) is 81.1 Å². The van der Waals surface area contributed by atoms with Crippen molar-refractivity contribution in [2.24, 2.45) is 0 Å². The number of esters is 1. The quantitative estimate of drug-likeness (QED) is 0.243. The van der Waals surface area contributed by atoms with Gasteiger partial charge in [-0.15, -0.1) is 0 Å².